The van der Waals surface area contributed by atoms with Crippen LogP contribution in [0.2, 0.25) is 0 Å². The van der Waals surface area contributed by atoms with Crippen LogP contribution in [0.1, 0.15) is 5.56 Å². The Labute approximate surface area is 133 Å². The fraction of sp³-hybridized carbons (Fsp3) is 0.176. The lowest BCUT2D eigenvalue weighted by Gasteiger charge is -2.07. The van der Waals surface area contributed by atoms with Crippen molar-refractivity contribution in [2.24, 2.45) is 0 Å². The molecule has 0 radical (unpaired) electrons. The van der Waals surface area contributed by atoms with E-state index in [-0.39, 0.29) is 5.88 Å². The quantitative estimate of drug-likeness (QED) is 0.761. The number of methoxy groups -OCH3 is 1. The molecule has 0 amide bonds. The fourth-order valence-electron chi connectivity index (χ4n) is 2.85. The van der Waals surface area contributed by atoms with E-state index in [0.717, 1.165) is 34.1 Å². The Kier molecular flexibility index (Phi) is 3.15. The first kappa shape index (κ1) is 13.6. The molecule has 116 valence electrons. The number of hydrogen-bond donors (Lipinski definition) is 2. The highest BCUT2D eigenvalue weighted by Gasteiger charge is 2.24. The number of aromatic hydroxyl groups is 1. The summed E-state index contributed by atoms with van der Waals surface area (Å²) in [6.45, 7) is 0.703. The summed E-state index contributed by atoms with van der Waals surface area (Å²) in [5.74, 6) is 1.67. The minimum absolute atomic E-state index is 0.159. The maximum atomic E-state index is 10.7. The third-order valence-electron chi connectivity index (χ3n) is 3.98. The van der Waals surface area contributed by atoms with Gasteiger partial charge in [-0.15, -0.1) is 0 Å². The van der Waals surface area contributed by atoms with Gasteiger partial charge < -0.3 is 15.2 Å². The number of rotatable bonds is 2. The van der Waals surface area contributed by atoms with Gasteiger partial charge in [-0.2, -0.15) is 5.10 Å². The van der Waals surface area contributed by atoms with Crippen LogP contribution in [0.3, 0.4) is 0 Å². The Hall–Kier alpha value is -3.02. The third-order valence-corrected chi connectivity index (χ3v) is 3.98. The average molecular weight is 308 g/mol. The summed E-state index contributed by atoms with van der Waals surface area (Å²) in [7, 11) is 1.62. The van der Waals surface area contributed by atoms with E-state index in [9.17, 15) is 5.11 Å². The molecule has 2 aromatic heterocycles. The number of fused-ring (bicyclic) bond motifs is 3. The minimum atomic E-state index is 0.159. The van der Waals surface area contributed by atoms with Gasteiger partial charge in [0.15, 0.2) is 0 Å². The number of aromatic nitrogens is 3. The van der Waals surface area contributed by atoms with Gasteiger partial charge in [0.05, 0.1) is 12.8 Å². The van der Waals surface area contributed by atoms with Gasteiger partial charge in [0.25, 0.3) is 0 Å². The Balaban J connectivity index is 1.90. The highest BCUT2D eigenvalue weighted by molar-refractivity contribution is 5.77. The number of nitrogens with zero attached hydrogens (tertiary/aromatic N) is 3. The van der Waals surface area contributed by atoms with Crippen molar-refractivity contribution >= 4 is 5.82 Å². The van der Waals surface area contributed by atoms with E-state index in [1.807, 2.05) is 36.4 Å². The zero-order valence-corrected chi connectivity index (χ0v) is 12.7. The first-order chi connectivity index (χ1) is 11.3. The van der Waals surface area contributed by atoms with Crippen LogP contribution in [-0.4, -0.2) is 33.5 Å². The largest absolute Gasteiger partial charge is 0.497 e. The fourth-order valence-corrected chi connectivity index (χ4v) is 2.85. The van der Waals surface area contributed by atoms with E-state index in [1.165, 1.54) is 0 Å². The average Bonchev–Trinajstić information content (AvgIpc) is 2.81. The Morgan fingerprint density at radius 1 is 1.26 bits per heavy atom. The molecule has 6 heteroatoms. The molecule has 3 aromatic rings. The first-order valence-electron chi connectivity index (χ1n) is 7.42. The number of nitrogens with one attached hydrogen (secondary N) is 1. The second-order valence-corrected chi connectivity index (χ2v) is 5.34. The molecular formula is C17H16N4O2. The summed E-state index contributed by atoms with van der Waals surface area (Å²) >= 11 is 0. The second-order valence-electron chi connectivity index (χ2n) is 5.34. The van der Waals surface area contributed by atoms with Gasteiger partial charge >= 0.3 is 0 Å². The predicted molar refractivity (Wildman–Crippen MR) is 87.2 cm³/mol. The molecule has 6 nitrogen and oxygen atoms in total. The highest BCUT2D eigenvalue weighted by atomic mass is 16.5. The van der Waals surface area contributed by atoms with Crippen molar-refractivity contribution in [3.05, 3.63) is 48.2 Å². The van der Waals surface area contributed by atoms with E-state index in [2.05, 4.69) is 15.4 Å². The van der Waals surface area contributed by atoms with Crippen LogP contribution in [0.15, 0.2) is 42.6 Å². The first-order valence-corrected chi connectivity index (χ1v) is 7.42. The molecule has 0 atom stereocenters. The normalized spacial score (nSPS) is 12.7. The van der Waals surface area contributed by atoms with Gasteiger partial charge in [0.2, 0.25) is 5.88 Å². The van der Waals surface area contributed by atoms with Crippen LogP contribution in [0.5, 0.6) is 11.6 Å². The second kappa shape index (κ2) is 5.31. The monoisotopic (exact) mass is 308 g/mol. The molecular weight excluding hydrogens is 292 g/mol. The maximum Gasteiger partial charge on any atom is 0.218 e. The van der Waals surface area contributed by atoms with Crippen LogP contribution in [0.25, 0.3) is 16.9 Å². The van der Waals surface area contributed by atoms with Gasteiger partial charge in [-0.3, -0.25) is 0 Å². The zero-order chi connectivity index (χ0) is 15.8. The standard InChI is InChI=1S/C17H16N4O2/c1-23-12-5-2-4-11(10-12)21-17(22)14-7-9-19-16-13(15(14)20-21)6-3-8-18-16/h2-6,8,10,22H,7,9H2,1H3,(H,18,19). The number of ether oxygens (including phenoxy) is 1. The summed E-state index contributed by atoms with van der Waals surface area (Å²) in [5, 5.41) is 18.6. The number of benzene rings is 1. The number of anilines is 1. The lowest BCUT2D eigenvalue weighted by molar-refractivity contribution is 0.412. The third kappa shape index (κ3) is 2.19. The maximum absolute atomic E-state index is 10.7. The Morgan fingerprint density at radius 2 is 2.17 bits per heavy atom. The zero-order valence-electron chi connectivity index (χ0n) is 12.7. The van der Waals surface area contributed by atoms with E-state index in [0.29, 0.717) is 13.0 Å². The summed E-state index contributed by atoms with van der Waals surface area (Å²) in [4.78, 5) is 4.36. The molecule has 0 spiro atoms. The Morgan fingerprint density at radius 3 is 3.04 bits per heavy atom. The highest BCUT2D eigenvalue weighted by Crippen LogP contribution is 2.37. The van der Waals surface area contributed by atoms with Crippen LogP contribution >= 0.6 is 0 Å². The molecule has 0 bridgehead atoms. The molecule has 3 heterocycles. The van der Waals surface area contributed by atoms with Gasteiger partial charge in [0.1, 0.15) is 17.3 Å². The van der Waals surface area contributed by atoms with Gasteiger partial charge in [-0.05, 0) is 30.7 Å². The molecule has 1 aliphatic heterocycles. The van der Waals surface area contributed by atoms with Crippen molar-refractivity contribution in [2.45, 2.75) is 6.42 Å². The van der Waals surface area contributed by atoms with Gasteiger partial charge in [-0.1, -0.05) is 6.07 Å². The van der Waals surface area contributed by atoms with Crippen molar-refractivity contribution in [2.75, 3.05) is 19.0 Å². The van der Waals surface area contributed by atoms with Crippen molar-refractivity contribution in [3.63, 3.8) is 0 Å². The predicted octanol–water partition coefficient (Wildman–Crippen LogP) is 2.62. The molecule has 1 aliphatic rings. The van der Waals surface area contributed by atoms with Crippen LogP contribution in [0.4, 0.5) is 5.82 Å². The topological polar surface area (TPSA) is 72.2 Å². The summed E-state index contributed by atoms with van der Waals surface area (Å²) in [5.41, 5.74) is 3.25. The molecule has 2 N–H and O–H groups in total. The molecule has 1 aromatic carbocycles. The smallest absolute Gasteiger partial charge is 0.218 e. The lowest BCUT2D eigenvalue weighted by Crippen LogP contribution is -2.04. The van der Waals surface area contributed by atoms with Crippen LogP contribution < -0.4 is 10.1 Å². The molecule has 23 heavy (non-hydrogen) atoms. The van der Waals surface area contributed by atoms with E-state index < -0.39 is 0 Å². The minimum Gasteiger partial charge on any atom is -0.497 e. The van der Waals surface area contributed by atoms with Gasteiger partial charge in [-0.25, -0.2) is 9.67 Å². The molecule has 0 unspecified atom stereocenters. The molecule has 4 rings (SSSR count). The van der Waals surface area contributed by atoms with Gasteiger partial charge in [0, 0.05) is 29.9 Å². The SMILES string of the molecule is COc1cccc(-n2nc3c(c2O)CCNc2ncccc2-3)c1. The summed E-state index contributed by atoms with van der Waals surface area (Å²) in [6.07, 6.45) is 2.43. The van der Waals surface area contributed by atoms with E-state index in [1.54, 1.807) is 18.0 Å². The van der Waals surface area contributed by atoms with Crippen molar-refractivity contribution in [1.29, 1.82) is 0 Å². The lowest BCUT2D eigenvalue weighted by atomic mass is 10.1. The summed E-state index contributed by atoms with van der Waals surface area (Å²) in [6, 6.07) is 11.3. The number of pyridine rings is 1. The summed E-state index contributed by atoms with van der Waals surface area (Å²) < 4.78 is 6.80. The molecule has 0 fully saturated rings. The van der Waals surface area contributed by atoms with E-state index >= 15 is 0 Å². The van der Waals surface area contributed by atoms with Crippen molar-refractivity contribution in [1.82, 2.24) is 14.8 Å². The van der Waals surface area contributed by atoms with E-state index in [4.69, 9.17) is 4.74 Å². The van der Waals surface area contributed by atoms with Crippen LogP contribution in [0, 0.1) is 0 Å². The van der Waals surface area contributed by atoms with Crippen molar-refractivity contribution in [3.8, 4) is 28.6 Å². The van der Waals surface area contributed by atoms with Crippen LogP contribution in [-0.2, 0) is 6.42 Å². The Bertz CT molecular complexity index is 873. The van der Waals surface area contributed by atoms with Crippen molar-refractivity contribution < 1.29 is 9.84 Å². The number of hydrogen-bond acceptors (Lipinski definition) is 5. The molecule has 0 saturated carbocycles. The molecule has 0 aliphatic carbocycles. The molecule has 0 saturated heterocycles.